The van der Waals surface area contributed by atoms with Gasteiger partial charge in [0.15, 0.2) is 0 Å². The number of aromatic nitrogens is 3. The van der Waals surface area contributed by atoms with Gasteiger partial charge in [-0.05, 0) is 87.4 Å². The van der Waals surface area contributed by atoms with Crippen molar-refractivity contribution in [1.29, 1.82) is 0 Å². The van der Waals surface area contributed by atoms with Crippen molar-refractivity contribution in [3.63, 3.8) is 0 Å². The van der Waals surface area contributed by atoms with E-state index < -0.39 is 5.60 Å². The van der Waals surface area contributed by atoms with Crippen LogP contribution in [0.25, 0.3) is 11.6 Å². The van der Waals surface area contributed by atoms with Gasteiger partial charge >= 0.3 is 6.09 Å². The van der Waals surface area contributed by atoms with Gasteiger partial charge in [-0.2, -0.15) is 0 Å². The van der Waals surface area contributed by atoms with Gasteiger partial charge in [-0.1, -0.05) is 23.7 Å². The number of hydrogen-bond acceptors (Lipinski definition) is 4. The van der Waals surface area contributed by atoms with Crippen LogP contribution in [0.15, 0.2) is 49.1 Å². The Morgan fingerprint density at radius 1 is 1.19 bits per heavy atom. The first-order valence-electron chi connectivity index (χ1n) is 12.6. The third-order valence-electron chi connectivity index (χ3n) is 7.12. The molecular weight excluding hydrogens is 472 g/mol. The van der Waals surface area contributed by atoms with Crippen LogP contribution in [-0.4, -0.2) is 44.2 Å². The maximum absolute atomic E-state index is 12.7. The summed E-state index contributed by atoms with van der Waals surface area (Å²) < 4.78 is 7.78. The molecular formula is C29H33ClN4O2. The first kappa shape index (κ1) is 24.6. The van der Waals surface area contributed by atoms with E-state index in [1.54, 1.807) is 0 Å². The number of ether oxygens (including phenoxy) is 1. The Morgan fingerprint density at radius 2 is 1.97 bits per heavy atom. The first-order valence-corrected chi connectivity index (χ1v) is 13.0. The molecule has 0 spiro atoms. The lowest BCUT2D eigenvalue weighted by atomic mass is 9.76. The van der Waals surface area contributed by atoms with E-state index in [1.165, 1.54) is 11.1 Å². The van der Waals surface area contributed by atoms with Crippen LogP contribution >= 0.6 is 11.6 Å². The second-order valence-corrected chi connectivity index (χ2v) is 11.3. The summed E-state index contributed by atoms with van der Waals surface area (Å²) in [5.74, 6) is 0.465. The summed E-state index contributed by atoms with van der Waals surface area (Å²) in [4.78, 5) is 23.8. The number of fused-ring (bicyclic) bond motifs is 2. The Bertz CT molecular complexity index is 1300. The van der Waals surface area contributed by atoms with Crippen molar-refractivity contribution in [2.24, 2.45) is 5.92 Å². The van der Waals surface area contributed by atoms with Gasteiger partial charge in [-0.15, -0.1) is 0 Å². The maximum atomic E-state index is 12.7. The predicted molar refractivity (Wildman–Crippen MR) is 143 cm³/mol. The SMILES string of the molecule is Cc1cncn1CC1=Cc2cc(Cl)ccc2C(C2CCN(C(=O)OC(C)(C)C)CC2)c2ncccc21. The Labute approximate surface area is 218 Å². The molecule has 0 saturated carbocycles. The molecule has 7 heteroatoms. The second kappa shape index (κ2) is 9.74. The number of amides is 1. The van der Waals surface area contributed by atoms with Gasteiger partial charge in [0.05, 0.1) is 12.0 Å². The molecule has 36 heavy (non-hydrogen) atoms. The van der Waals surface area contributed by atoms with E-state index in [4.69, 9.17) is 21.3 Å². The summed E-state index contributed by atoms with van der Waals surface area (Å²) in [5.41, 5.74) is 6.45. The minimum atomic E-state index is -0.494. The van der Waals surface area contributed by atoms with E-state index in [9.17, 15) is 4.79 Å². The summed E-state index contributed by atoms with van der Waals surface area (Å²) in [7, 11) is 0. The monoisotopic (exact) mass is 504 g/mol. The number of piperidine rings is 1. The third kappa shape index (κ3) is 5.05. The molecule has 0 bridgehead atoms. The highest BCUT2D eigenvalue weighted by molar-refractivity contribution is 6.30. The van der Waals surface area contributed by atoms with Crippen molar-refractivity contribution >= 4 is 29.3 Å². The standard InChI is InChI=1S/C29H33ClN4O2/c1-19-16-31-18-34(19)17-22-14-21-15-23(30)7-8-24(21)26(27-25(22)6-5-11-32-27)20-9-12-33(13-10-20)28(35)36-29(2,3)4/h5-8,11,14-16,18,20,26H,9-10,12-13,17H2,1-4H3. The van der Waals surface area contributed by atoms with Gasteiger partial charge in [0.2, 0.25) is 0 Å². The molecule has 1 atom stereocenters. The Balaban J connectivity index is 1.50. The average molecular weight is 505 g/mol. The van der Waals surface area contributed by atoms with Crippen molar-refractivity contribution < 1.29 is 9.53 Å². The number of likely N-dealkylation sites (tertiary alicyclic amines) is 1. The predicted octanol–water partition coefficient (Wildman–Crippen LogP) is 6.57. The lowest BCUT2D eigenvalue weighted by Gasteiger charge is -2.37. The highest BCUT2D eigenvalue weighted by Gasteiger charge is 2.36. The van der Waals surface area contributed by atoms with E-state index in [2.05, 4.69) is 40.7 Å². The molecule has 2 aromatic heterocycles. The molecule has 6 nitrogen and oxygen atoms in total. The van der Waals surface area contributed by atoms with Gasteiger partial charge in [-0.3, -0.25) is 4.98 Å². The van der Waals surface area contributed by atoms with Gasteiger partial charge in [0, 0.05) is 54.2 Å². The number of rotatable bonds is 3. The Morgan fingerprint density at radius 3 is 2.67 bits per heavy atom. The summed E-state index contributed by atoms with van der Waals surface area (Å²) in [5, 5.41) is 0.723. The van der Waals surface area contributed by atoms with Crippen molar-refractivity contribution in [3.05, 3.63) is 82.2 Å². The fourth-order valence-electron chi connectivity index (χ4n) is 5.39. The van der Waals surface area contributed by atoms with Crippen LogP contribution in [0.4, 0.5) is 4.79 Å². The second-order valence-electron chi connectivity index (χ2n) is 10.8. The van der Waals surface area contributed by atoms with E-state index >= 15 is 0 Å². The van der Waals surface area contributed by atoms with E-state index in [-0.39, 0.29) is 12.0 Å². The molecule has 1 aromatic carbocycles. The zero-order chi connectivity index (χ0) is 25.4. The molecule has 1 amide bonds. The van der Waals surface area contributed by atoms with Crippen molar-refractivity contribution in [2.75, 3.05) is 13.1 Å². The van der Waals surface area contributed by atoms with Crippen LogP contribution < -0.4 is 0 Å². The summed E-state index contributed by atoms with van der Waals surface area (Å²) >= 11 is 6.48. The van der Waals surface area contributed by atoms with E-state index in [0.29, 0.717) is 25.6 Å². The topological polar surface area (TPSA) is 60.2 Å². The molecule has 1 fully saturated rings. The number of imidazole rings is 1. The van der Waals surface area contributed by atoms with Gasteiger partial charge in [0.25, 0.3) is 0 Å². The van der Waals surface area contributed by atoms with Crippen molar-refractivity contribution in [3.8, 4) is 0 Å². The molecule has 1 aliphatic carbocycles. The Kier molecular flexibility index (Phi) is 6.64. The number of nitrogens with zero attached hydrogens (tertiary/aromatic N) is 4. The van der Waals surface area contributed by atoms with Crippen molar-refractivity contribution in [2.45, 2.75) is 58.6 Å². The van der Waals surface area contributed by atoms with Crippen LogP contribution in [0, 0.1) is 12.8 Å². The third-order valence-corrected chi connectivity index (χ3v) is 7.35. The number of carbonyl (C=O) groups is 1. The van der Waals surface area contributed by atoms with Crippen LogP contribution in [-0.2, 0) is 11.3 Å². The summed E-state index contributed by atoms with van der Waals surface area (Å²) in [6.45, 7) is 9.85. The molecule has 3 aromatic rings. The van der Waals surface area contributed by atoms with E-state index in [1.807, 2.05) is 56.5 Å². The molecule has 1 unspecified atom stereocenters. The molecule has 188 valence electrons. The zero-order valence-corrected chi connectivity index (χ0v) is 22.1. The lowest BCUT2D eigenvalue weighted by molar-refractivity contribution is 0.0178. The average Bonchev–Trinajstić information content (AvgIpc) is 3.18. The number of halogens is 1. The van der Waals surface area contributed by atoms with Gasteiger partial charge in [0.1, 0.15) is 5.60 Å². The number of pyridine rings is 1. The minimum absolute atomic E-state index is 0.117. The number of allylic oxidation sites excluding steroid dienone is 1. The zero-order valence-electron chi connectivity index (χ0n) is 21.4. The molecule has 0 radical (unpaired) electrons. The molecule has 3 heterocycles. The molecule has 1 saturated heterocycles. The van der Waals surface area contributed by atoms with Crippen LogP contribution in [0.2, 0.25) is 5.02 Å². The van der Waals surface area contributed by atoms with E-state index in [0.717, 1.165) is 40.4 Å². The fraction of sp³-hybridized carbons (Fsp3) is 0.414. The lowest BCUT2D eigenvalue weighted by Crippen LogP contribution is -2.42. The van der Waals surface area contributed by atoms with Crippen LogP contribution in [0.1, 0.15) is 67.6 Å². The fourth-order valence-corrected chi connectivity index (χ4v) is 5.57. The quantitative estimate of drug-likeness (QED) is 0.404. The van der Waals surface area contributed by atoms with Gasteiger partial charge in [-0.25, -0.2) is 9.78 Å². The number of aryl methyl sites for hydroxylation is 1. The highest BCUT2D eigenvalue weighted by atomic mass is 35.5. The van der Waals surface area contributed by atoms with Crippen molar-refractivity contribution in [1.82, 2.24) is 19.4 Å². The molecule has 5 rings (SSSR count). The number of carbonyl (C=O) groups excluding carboxylic acids is 1. The minimum Gasteiger partial charge on any atom is -0.444 e. The van der Waals surface area contributed by atoms with Crippen LogP contribution in [0.3, 0.4) is 0 Å². The Hall–Kier alpha value is -3.12. The number of benzene rings is 1. The number of hydrogen-bond donors (Lipinski definition) is 0. The summed E-state index contributed by atoms with van der Waals surface area (Å²) in [6, 6.07) is 10.4. The maximum Gasteiger partial charge on any atom is 0.410 e. The highest BCUT2D eigenvalue weighted by Crippen LogP contribution is 2.45. The first-order chi connectivity index (χ1) is 17.2. The molecule has 1 aliphatic heterocycles. The smallest absolute Gasteiger partial charge is 0.410 e. The molecule has 0 N–H and O–H groups in total. The largest absolute Gasteiger partial charge is 0.444 e. The van der Waals surface area contributed by atoms with Gasteiger partial charge < -0.3 is 14.2 Å². The molecule has 2 aliphatic rings. The van der Waals surface area contributed by atoms with Crippen LogP contribution in [0.5, 0.6) is 0 Å². The normalized spacial score (nSPS) is 18.2. The summed E-state index contributed by atoms with van der Waals surface area (Å²) in [6.07, 6.45) is 9.45.